The molecule has 0 spiro atoms. The third-order valence-corrected chi connectivity index (χ3v) is 3.87. The Hall–Kier alpha value is -1.06. The first-order chi connectivity index (χ1) is 8.72. The van der Waals surface area contributed by atoms with E-state index >= 15 is 0 Å². The van der Waals surface area contributed by atoms with Crippen LogP contribution in [-0.4, -0.2) is 30.9 Å². The van der Waals surface area contributed by atoms with Crippen molar-refractivity contribution in [2.75, 3.05) is 20.1 Å². The van der Waals surface area contributed by atoms with Crippen LogP contribution in [0.2, 0.25) is 0 Å². The van der Waals surface area contributed by atoms with Crippen LogP contribution in [-0.2, 0) is 4.79 Å². The summed E-state index contributed by atoms with van der Waals surface area (Å²) in [4.78, 5) is 14.3. The minimum atomic E-state index is -0.198. The van der Waals surface area contributed by atoms with Crippen LogP contribution < -0.4 is 5.73 Å². The van der Waals surface area contributed by atoms with Crippen molar-refractivity contribution in [1.29, 1.82) is 0 Å². The highest BCUT2D eigenvalue weighted by Gasteiger charge is 2.26. The Morgan fingerprint density at radius 1 is 1.37 bits per heavy atom. The number of hydrogen-bond donors (Lipinski definition) is 1. The highest BCUT2D eigenvalue weighted by molar-refractivity contribution is 5.85. The second kappa shape index (κ2) is 7.51. The average Bonchev–Trinajstić information content (AvgIpc) is 2.35. The van der Waals surface area contributed by atoms with Gasteiger partial charge in [-0.05, 0) is 24.3 Å². The zero-order chi connectivity index (χ0) is 13.0. The Bertz CT molecular complexity index is 392. The minimum Gasteiger partial charge on any atom is -0.345 e. The van der Waals surface area contributed by atoms with Crippen LogP contribution in [0.5, 0.6) is 0 Å². The smallest absolute Gasteiger partial charge is 0.231 e. The molecule has 1 unspecified atom stereocenters. The number of hydrogen-bond acceptors (Lipinski definition) is 2. The van der Waals surface area contributed by atoms with E-state index in [1.807, 2.05) is 42.3 Å². The van der Waals surface area contributed by atoms with E-state index in [1.54, 1.807) is 0 Å². The van der Waals surface area contributed by atoms with Gasteiger partial charge in [-0.2, -0.15) is 0 Å². The van der Waals surface area contributed by atoms with Gasteiger partial charge in [-0.1, -0.05) is 36.8 Å². The molecule has 1 saturated carbocycles. The molecule has 0 aliphatic heterocycles. The fraction of sp³-hybridized carbons (Fsp3) is 0.533. The molecule has 0 saturated heterocycles. The molecule has 19 heavy (non-hydrogen) atoms. The maximum Gasteiger partial charge on any atom is 0.231 e. The maximum atomic E-state index is 12.4. The number of nitrogens with zero attached hydrogens (tertiary/aromatic N) is 1. The van der Waals surface area contributed by atoms with Crippen LogP contribution in [0.1, 0.15) is 30.7 Å². The molecule has 1 aliphatic carbocycles. The van der Waals surface area contributed by atoms with Gasteiger partial charge in [0.2, 0.25) is 5.91 Å². The molecule has 2 rings (SSSR count). The number of carbonyl (C=O) groups excluding carboxylic acids is 1. The van der Waals surface area contributed by atoms with Crippen molar-refractivity contribution in [2.24, 2.45) is 11.7 Å². The lowest BCUT2D eigenvalue weighted by Gasteiger charge is -2.32. The number of carbonyl (C=O) groups is 1. The Balaban J connectivity index is 0.00000180. The van der Waals surface area contributed by atoms with Crippen LogP contribution >= 0.6 is 12.4 Å². The molecule has 1 aliphatic rings. The van der Waals surface area contributed by atoms with Crippen molar-refractivity contribution >= 4 is 18.3 Å². The summed E-state index contributed by atoms with van der Waals surface area (Å²) in [5.41, 5.74) is 6.79. The van der Waals surface area contributed by atoms with E-state index in [2.05, 4.69) is 0 Å². The summed E-state index contributed by atoms with van der Waals surface area (Å²) >= 11 is 0. The standard InChI is InChI=1S/C15H22N2O.ClH/c1-17(11-12-6-5-7-12)15(18)14(10-16)13-8-3-2-4-9-13;/h2-4,8-9,12,14H,5-7,10-11,16H2,1H3;1H. The molecular formula is C15H23ClN2O. The topological polar surface area (TPSA) is 46.3 Å². The third-order valence-electron chi connectivity index (χ3n) is 3.87. The van der Waals surface area contributed by atoms with Gasteiger partial charge in [-0.3, -0.25) is 4.79 Å². The average molecular weight is 283 g/mol. The van der Waals surface area contributed by atoms with Crippen molar-refractivity contribution < 1.29 is 4.79 Å². The number of likely N-dealkylation sites (N-methyl/N-ethyl adjacent to an activating group) is 1. The monoisotopic (exact) mass is 282 g/mol. The normalized spacial score (nSPS) is 16.1. The lowest BCUT2D eigenvalue weighted by Crippen LogP contribution is -2.39. The molecule has 0 radical (unpaired) electrons. The van der Waals surface area contributed by atoms with Crippen LogP contribution in [0.4, 0.5) is 0 Å². The quantitative estimate of drug-likeness (QED) is 0.901. The molecule has 0 aromatic heterocycles. The first-order valence-electron chi connectivity index (χ1n) is 6.72. The van der Waals surface area contributed by atoms with Crippen LogP contribution in [0.15, 0.2) is 30.3 Å². The molecule has 106 valence electrons. The third kappa shape index (κ3) is 3.95. The van der Waals surface area contributed by atoms with Crippen LogP contribution in [0.3, 0.4) is 0 Å². The van der Waals surface area contributed by atoms with Crippen LogP contribution in [0.25, 0.3) is 0 Å². The Morgan fingerprint density at radius 3 is 2.47 bits per heavy atom. The van der Waals surface area contributed by atoms with E-state index in [-0.39, 0.29) is 24.2 Å². The highest BCUT2D eigenvalue weighted by atomic mass is 35.5. The lowest BCUT2D eigenvalue weighted by molar-refractivity contribution is -0.132. The van der Waals surface area contributed by atoms with Crippen LogP contribution in [0, 0.1) is 5.92 Å². The second-order valence-electron chi connectivity index (χ2n) is 5.21. The van der Waals surface area contributed by atoms with Gasteiger partial charge in [-0.15, -0.1) is 12.4 Å². The summed E-state index contributed by atoms with van der Waals surface area (Å²) in [5, 5.41) is 0. The predicted octanol–water partition coefficient (Wildman–Crippen LogP) is 2.41. The van der Waals surface area contributed by atoms with E-state index in [4.69, 9.17) is 5.73 Å². The van der Waals surface area contributed by atoms with E-state index < -0.39 is 0 Å². The van der Waals surface area contributed by atoms with Crippen molar-refractivity contribution in [3.8, 4) is 0 Å². The summed E-state index contributed by atoms with van der Waals surface area (Å²) in [6.45, 7) is 1.25. The lowest BCUT2D eigenvalue weighted by atomic mass is 9.85. The van der Waals surface area contributed by atoms with Gasteiger partial charge in [0.05, 0.1) is 5.92 Å². The minimum absolute atomic E-state index is 0. The number of rotatable bonds is 5. The first-order valence-corrected chi connectivity index (χ1v) is 6.72. The van der Waals surface area contributed by atoms with E-state index in [9.17, 15) is 4.79 Å². The van der Waals surface area contributed by atoms with Gasteiger partial charge in [0.25, 0.3) is 0 Å². The molecule has 1 aromatic rings. The zero-order valence-corrected chi connectivity index (χ0v) is 12.2. The molecule has 1 amide bonds. The van der Waals surface area contributed by atoms with Gasteiger partial charge in [0.1, 0.15) is 0 Å². The Kier molecular flexibility index (Phi) is 6.32. The molecule has 4 heteroatoms. The Labute approximate surface area is 121 Å². The molecule has 1 atom stereocenters. The molecule has 0 heterocycles. The van der Waals surface area contributed by atoms with Gasteiger partial charge in [-0.25, -0.2) is 0 Å². The van der Waals surface area contributed by atoms with E-state index in [1.165, 1.54) is 19.3 Å². The second-order valence-corrected chi connectivity index (χ2v) is 5.21. The SMILES string of the molecule is CN(CC1CCC1)C(=O)C(CN)c1ccccc1.Cl. The van der Waals surface area contributed by atoms with Gasteiger partial charge >= 0.3 is 0 Å². The maximum absolute atomic E-state index is 12.4. The van der Waals surface area contributed by atoms with Crippen molar-refractivity contribution in [3.63, 3.8) is 0 Å². The number of halogens is 1. The largest absolute Gasteiger partial charge is 0.345 e. The molecule has 2 N–H and O–H groups in total. The van der Waals surface area contributed by atoms with Crippen molar-refractivity contribution in [1.82, 2.24) is 4.90 Å². The molecule has 3 nitrogen and oxygen atoms in total. The summed E-state index contributed by atoms with van der Waals surface area (Å²) in [5.74, 6) is 0.653. The summed E-state index contributed by atoms with van der Waals surface area (Å²) < 4.78 is 0. The molecule has 0 bridgehead atoms. The summed E-state index contributed by atoms with van der Waals surface area (Å²) in [7, 11) is 1.90. The van der Waals surface area contributed by atoms with Gasteiger partial charge in [0, 0.05) is 20.1 Å². The predicted molar refractivity (Wildman–Crippen MR) is 80.5 cm³/mol. The Morgan fingerprint density at radius 2 is 2.00 bits per heavy atom. The number of benzene rings is 1. The summed E-state index contributed by atoms with van der Waals surface area (Å²) in [6, 6.07) is 9.83. The fourth-order valence-corrected chi connectivity index (χ4v) is 2.48. The van der Waals surface area contributed by atoms with Crippen molar-refractivity contribution in [3.05, 3.63) is 35.9 Å². The van der Waals surface area contributed by atoms with Crippen molar-refractivity contribution in [2.45, 2.75) is 25.2 Å². The first kappa shape index (κ1) is 16.0. The zero-order valence-electron chi connectivity index (χ0n) is 11.4. The summed E-state index contributed by atoms with van der Waals surface area (Å²) in [6.07, 6.45) is 3.83. The molecular weight excluding hydrogens is 260 g/mol. The van der Waals surface area contributed by atoms with Gasteiger partial charge < -0.3 is 10.6 Å². The van der Waals surface area contributed by atoms with E-state index in [0.29, 0.717) is 12.5 Å². The fourth-order valence-electron chi connectivity index (χ4n) is 2.48. The van der Waals surface area contributed by atoms with Gasteiger partial charge in [0.15, 0.2) is 0 Å². The molecule has 1 aromatic carbocycles. The number of amides is 1. The molecule has 1 fully saturated rings. The highest BCUT2D eigenvalue weighted by Crippen LogP contribution is 2.27. The number of nitrogens with two attached hydrogens (primary N) is 1. The van der Waals surface area contributed by atoms with E-state index in [0.717, 1.165) is 12.1 Å².